The van der Waals surface area contributed by atoms with Crippen LogP contribution >= 0.6 is 0 Å². The summed E-state index contributed by atoms with van der Waals surface area (Å²) in [5.74, 6) is 1.77. The number of aryl methyl sites for hydroxylation is 2. The molecular weight excluding hydrogens is 330 g/mol. The summed E-state index contributed by atoms with van der Waals surface area (Å²) in [5.41, 5.74) is 8.27. The first kappa shape index (κ1) is 17.5. The van der Waals surface area contributed by atoms with Crippen molar-refractivity contribution >= 4 is 0 Å². The molecule has 0 spiro atoms. The molecule has 3 rings (SSSR count). The molecule has 0 atom stereocenters. The molecule has 0 saturated heterocycles. The molecule has 7 heteroatoms. The summed E-state index contributed by atoms with van der Waals surface area (Å²) < 4.78 is 13.1. The molecule has 7 nitrogen and oxygen atoms in total. The Morgan fingerprint density at radius 1 is 1.23 bits per heavy atom. The Balaban J connectivity index is 1.96. The van der Waals surface area contributed by atoms with E-state index in [1.165, 1.54) is 0 Å². The van der Waals surface area contributed by atoms with Crippen molar-refractivity contribution in [2.75, 3.05) is 13.2 Å². The molecule has 0 unspecified atom stereocenters. The van der Waals surface area contributed by atoms with E-state index in [0.717, 1.165) is 11.3 Å². The maximum atomic E-state index is 9.20. The van der Waals surface area contributed by atoms with Crippen LogP contribution < -0.4 is 15.2 Å². The molecular formula is C19H19N5O2. The number of nitrogens with two attached hydrogens (primary N) is 1. The minimum Gasteiger partial charge on any atom is -0.491 e. The number of ether oxygens (including phenoxy) is 2. The van der Waals surface area contributed by atoms with Crippen LogP contribution in [0.25, 0.3) is 11.3 Å². The third kappa shape index (κ3) is 3.82. The lowest BCUT2D eigenvalue weighted by atomic mass is 10.1. The molecule has 0 saturated carbocycles. The highest BCUT2D eigenvalue weighted by Crippen LogP contribution is 2.34. The molecule has 2 heterocycles. The van der Waals surface area contributed by atoms with Crippen LogP contribution in [0.3, 0.4) is 0 Å². The molecule has 0 fully saturated rings. The van der Waals surface area contributed by atoms with Crippen LogP contribution in [0.15, 0.2) is 42.6 Å². The van der Waals surface area contributed by atoms with Gasteiger partial charge in [-0.1, -0.05) is 0 Å². The van der Waals surface area contributed by atoms with Crippen molar-refractivity contribution in [3.8, 4) is 34.7 Å². The zero-order valence-corrected chi connectivity index (χ0v) is 14.6. The second-order valence-corrected chi connectivity index (χ2v) is 5.69. The van der Waals surface area contributed by atoms with Crippen molar-refractivity contribution in [3.05, 3.63) is 53.9 Å². The fourth-order valence-electron chi connectivity index (χ4n) is 2.48. The van der Waals surface area contributed by atoms with Gasteiger partial charge in [0.05, 0.1) is 29.2 Å². The lowest BCUT2D eigenvalue weighted by Crippen LogP contribution is -2.10. The van der Waals surface area contributed by atoms with Crippen molar-refractivity contribution in [1.29, 1.82) is 5.26 Å². The molecule has 26 heavy (non-hydrogen) atoms. The molecule has 0 amide bonds. The van der Waals surface area contributed by atoms with Gasteiger partial charge in [-0.2, -0.15) is 10.4 Å². The topological polar surface area (TPSA) is 99.0 Å². The summed E-state index contributed by atoms with van der Waals surface area (Å²) in [6.45, 7) is 2.77. The van der Waals surface area contributed by atoms with E-state index in [1.54, 1.807) is 30.1 Å². The van der Waals surface area contributed by atoms with Crippen molar-refractivity contribution in [1.82, 2.24) is 14.8 Å². The van der Waals surface area contributed by atoms with Crippen LogP contribution in [0.1, 0.15) is 11.3 Å². The average Bonchev–Trinajstić information content (AvgIpc) is 2.97. The Kier molecular flexibility index (Phi) is 5.15. The Morgan fingerprint density at radius 3 is 2.69 bits per heavy atom. The second-order valence-electron chi connectivity index (χ2n) is 5.69. The maximum Gasteiger partial charge on any atom is 0.217 e. The zero-order chi connectivity index (χ0) is 18.5. The summed E-state index contributed by atoms with van der Waals surface area (Å²) >= 11 is 0. The monoisotopic (exact) mass is 349 g/mol. The highest BCUT2D eigenvalue weighted by molar-refractivity contribution is 5.69. The predicted molar refractivity (Wildman–Crippen MR) is 97.0 cm³/mol. The van der Waals surface area contributed by atoms with Gasteiger partial charge in [-0.3, -0.25) is 4.98 Å². The van der Waals surface area contributed by atoms with Crippen LogP contribution in [-0.4, -0.2) is 27.9 Å². The average molecular weight is 349 g/mol. The summed E-state index contributed by atoms with van der Waals surface area (Å²) in [5, 5.41) is 13.5. The molecule has 0 aliphatic heterocycles. The largest absolute Gasteiger partial charge is 0.491 e. The van der Waals surface area contributed by atoms with Gasteiger partial charge < -0.3 is 15.2 Å². The number of aromatic nitrogens is 3. The van der Waals surface area contributed by atoms with Crippen molar-refractivity contribution in [2.24, 2.45) is 12.8 Å². The lowest BCUT2D eigenvalue weighted by molar-refractivity contribution is 0.327. The minimum absolute atomic E-state index is 0.437. The number of benzene rings is 1. The van der Waals surface area contributed by atoms with Crippen LogP contribution in [-0.2, 0) is 7.05 Å². The smallest absolute Gasteiger partial charge is 0.217 e. The molecule has 3 aromatic rings. The Morgan fingerprint density at radius 2 is 2.08 bits per heavy atom. The van der Waals surface area contributed by atoms with Gasteiger partial charge in [0.2, 0.25) is 5.88 Å². The zero-order valence-electron chi connectivity index (χ0n) is 14.6. The molecule has 0 aliphatic carbocycles. The SMILES string of the molecule is Cc1cc(Oc2cc(C#N)ccc2-c2ccc(OCCN)cn2)n(C)n1. The Bertz CT molecular complexity index is 942. The molecule has 0 bridgehead atoms. The number of nitriles is 1. The first-order valence-electron chi connectivity index (χ1n) is 8.12. The van der Waals surface area contributed by atoms with E-state index < -0.39 is 0 Å². The van der Waals surface area contributed by atoms with Crippen LogP contribution in [0.5, 0.6) is 17.4 Å². The van der Waals surface area contributed by atoms with E-state index >= 15 is 0 Å². The minimum atomic E-state index is 0.437. The number of pyridine rings is 1. The highest BCUT2D eigenvalue weighted by atomic mass is 16.5. The summed E-state index contributed by atoms with van der Waals surface area (Å²) in [6, 6.07) is 12.9. The summed E-state index contributed by atoms with van der Waals surface area (Å²) in [6.07, 6.45) is 1.64. The highest BCUT2D eigenvalue weighted by Gasteiger charge is 2.13. The van der Waals surface area contributed by atoms with Gasteiger partial charge >= 0.3 is 0 Å². The molecule has 0 radical (unpaired) electrons. The molecule has 0 aliphatic rings. The van der Waals surface area contributed by atoms with Gasteiger partial charge in [0.25, 0.3) is 0 Å². The number of nitrogens with zero attached hydrogens (tertiary/aromatic N) is 4. The molecule has 1 aromatic carbocycles. The van der Waals surface area contributed by atoms with Gasteiger partial charge in [0, 0.05) is 25.2 Å². The fraction of sp³-hybridized carbons (Fsp3) is 0.211. The van der Waals surface area contributed by atoms with Gasteiger partial charge in [0.1, 0.15) is 18.1 Å². The van der Waals surface area contributed by atoms with Crippen molar-refractivity contribution < 1.29 is 9.47 Å². The first-order chi connectivity index (χ1) is 12.6. The van der Waals surface area contributed by atoms with Gasteiger partial charge in [-0.05, 0) is 37.3 Å². The van der Waals surface area contributed by atoms with Gasteiger partial charge in [-0.15, -0.1) is 0 Å². The van der Waals surface area contributed by atoms with E-state index in [4.69, 9.17) is 15.2 Å². The van der Waals surface area contributed by atoms with E-state index in [1.807, 2.05) is 31.2 Å². The fourth-order valence-corrected chi connectivity index (χ4v) is 2.48. The summed E-state index contributed by atoms with van der Waals surface area (Å²) in [7, 11) is 1.80. The van der Waals surface area contributed by atoms with E-state index in [2.05, 4.69) is 16.2 Å². The van der Waals surface area contributed by atoms with Crippen LogP contribution in [0, 0.1) is 18.3 Å². The third-order valence-electron chi connectivity index (χ3n) is 3.68. The van der Waals surface area contributed by atoms with Gasteiger partial charge in [-0.25, -0.2) is 4.68 Å². The molecule has 132 valence electrons. The maximum absolute atomic E-state index is 9.20. The quantitative estimate of drug-likeness (QED) is 0.734. The summed E-state index contributed by atoms with van der Waals surface area (Å²) in [4.78, 5) is 4.44. The second kappa shape index (κ2) is 7.68. The van der Waals surface area contributed by atoms with E-state index in [0.29, 0.717) is 41.8 Å². The van der Waals surface area contributed by atoms with E-state index in [9.17, 15) is 5.26 Å². The normalized spacial score (nSPS) is 10.4. The predicted octanol–water partition coefficient (Wildman–Crippen LogP) is 2.79. The Labute approximate surface area is 151 Å². The van der Waals surface area contributed by atoms with Crippen molar-refractivity contribution in [2.45, 2.75) is 6.92 Å². The third-order valence-corrected chi connectivity index (χ3v) is 3.68. The van der Waals surface area contributed by atoms with Gasteiger partial charge in [0.15, 0.2) is 0 Å². The molecule has 2 aromatic heterocycles. The standard InChI is InChI=1S/C19H19N5O2/c1-13-9-19(24(2)23-13)26-18-10-14(11-21)3-5-16(18)17-6-4-15(12-22-17)25-8-7-20/h3-6,9-10,12H,7-8,20H2,1-2H3. The Hall–Kier alpha value is -3.37. The van der Waals surface area contributed by atoms with Crippen molar-refractivity contribution in [3.63, 3.8) is 0 Å². The molecule has 2 N–H and O–H groups in total. The number of hydrogen-bond acceptors (Lipinski definition) is 6. The first-order valence-corrected chi connectivity index (χ1v) is 8.12. The number of rotatable bonds is 6. The lowest BCUT2D eigenvalue weighted by Gasteiger charge is -2.12. The van der Waals surface area contributed by atoms with Crippen LogP contribution in [0.4, 0.5) is 0 Å². The van der Waals surface area contributed by atoms with E-state index in [-0.39, 0.29) is 0 Å². The number of hydrogen-bond donors (Lipinski definition) is 1. The van der Waals surface area contributed by atoms with Crippen LogP contribution in [0.2, 0.25) is 0 Å².